The third kappa shape index (κ3) is 8.42. The predicted molar refractivity (Wildman–Crippen MR) is 184 cm³/mol. The van der Waals surface area contributed by atoms with Crippen molar-refractivity contribution in [3.05, 3.63) is 150 Å². The van der Waals surface area contributed by atoms with Gasteiger partial charge in [-0.05, 0) is 71.3 Å². The lowest BCUT2D eigenvalue weighted by Gasteiger charge is -2.07. The van der Waals surface area contributed by atoms with E-state index in [1.165, 1.54) is 0 Å². The Kier molecular flexibility index (Phi) is 10.5. The molecule has 5 aromatic rings. The number of rotatable bonds is 7. The molecule has 0 saturated carbocycles. The van der Waals surface area contributed by atoms with Gasteiger partial charge < -0.3 is 9.47 Å². The van der Waals surface area contributed by atoms with E-state index in [2.05, 4.69) is 72.9 Å². The van der Waals surface area contributed by atoms with Gasteiger partial charge in [0, 0.05) is 58.0 Å². The molecule has 0 aliphatic carbocycles. The molecule has 222 valence electrons. The molecule has 4 nitrogen and oxygen atoms in total. The number of carbonyl (C=O) groups is 2. The normalized spacial score (nSPS) is 9.91. The molecule has 0 unspecified atom stereocenters. The molecule has 0 saturated heterocycles. The van der Waals surface area contributed by atoms with Crippen molar-refractivity contribution in [1.29, 1.82) is 0 Å². The minimum absolute atomic E-state index is 0.342. The number of carbonyl (C=O) groups excluding carboxylic acids is 2. The van der Waals surface area contributed by atoms with Crippen LogP contribution < -0.4 is 4.74 Å². The average Bonchev–Trinajstić information content (AvgIpc) is 3.09. The molecule has 0 aliphatic heterocycles. The van der Waals surface area contributed by atoms with Gasteiger partial charge in [0.2, 0.25) is 0 Å². The lowest BCUT2D eigenvalue weighted by atomic mass is 10.0. The zero-order valence-corrected chi connectivity index (χ0v) is 25.3. The van der Waals surface area contributed by atoms with Gasteiger partial charge in [-0.25, -0.2) is 9.59 Å². The summed E-state index contributed by atoms with van der Waals surface area (Å²) in [6.45, 7) is 7.19. The van der Waals surface area contributed by atoms with Crippen LogP contribution in [0.1, 0.15) is 40.7 Å². The molecule has 0 spiro atoms. The van der Waals surface area contributed by atoms with E-state index in [1.807, 2.05) is 66.7 Å². The van der Waals surface area contributed by atoms with Crippen LogP contribution in [0.5, 0.6) is 5.75 Å². The van der Waals surface area contributed by atoms with Crippen LogP contribution in [-0.4, -0.2) is 18.5 Å². The summed E-state index contributed by atoms with van der Waals surface area (Å²) in [6.07, 6.45) is 4.27. The Morgan fingerprint density at radius 1 is 0.652 bits per heavy atom. The number of unbranched alkanes of at least 4 members (excludes halogenated alkanes) is 1. The van der Waals surface area contributed by atoms with Gasteiger partial charge in [0.05, 0.1) is 6.61 Å². The fraction of sp³-hybridized carbons (Fsp3) is 0.0952. The fourth-order valence-corrected chi connectivity index (χ4v) is 4.67. The summed E-state index contributed by atoms with van der Waals surface area (Å²) < 4.78 is 10.4. The van der Waals surface area contributed by atoms with E-state index in [-0.39, 0.29) is 0 Å². The Morgan fingerprint density at radius 3 is 2.00 bits per heavy atom. The Hall–Kier alpha value is -6.28. The minimum Gasteiger partial charge on any atom is -0.463 e. The predicted octanol–water partition coefficient (Wildman–Crippen LogP) is 7.94. The van der Waals surface area contributed by atoms with Crippen molar-refractivity contribution < 1.29 is 19.1 Å². The second-order valence-corrected chi connectivity index (χ2v) is 10.3. The molecule has 0 amide bonds. The van der Waals surface area contributed by atoms with E-state index in [0.29, 0.717) is 31.6 Å². The molecule has 0 aliphatic rings. The molecular weight excluding hydrogens is 568 g/mol. The second kappa shape index (κ2) is 15.4. The van der Waals surface area contributed by atoms with Crippen molar-refractivity contribution in [2.24, 2.45) is 0 Å². The van der Waals surface area contributed by atoms with E-state index < -0.39 is 11.9 Å². The largest absolute Gasteiger partial charge is 0.463 e. The van der Waals surface area contributed by atoms with Crippen LogP contribution in [0.15, 0.2) is 122 Å². The van der Waals surface area contributed by atoms with E-state index in [4.69, 9.17) is 9.47 Å². The fourth-order valence-electron chi connectivity index (χ4n) is 4.67. The van der Waals surface area contributed by atoms with Gasteiger partial charge in [0.15, 0.2) is 0 Å². The maximum Gasteiger partial charge on any atom is 0.335 e. The smallest absolute Gasteiger partial charge is 0.335 e. The summed E-state index contributed by atoms with van der Waals surface area (Å²) in [5, 5.41) is 3.94. The van der Waals surface area contributed by atoms with Gasteiger partial charge in [0.25, 0.3) is 0 Å². The average molecular weight is 599 g/mol. The Morgan fingerprint density at radius 2 is 1.30 bits per heavy atom. The van der Waals surface area contributed by atoms with Crippen molar-refractivity contribution in [3.63, 3.8) is 0 Å². The summed E-state index contributed by atoms with van der Waals surface area (Å²) >= 11 is 0. The molecule has 46 heavy (non-hydrogen) atoms. The van der Waals surface area contributed by atoms with Crippen LogP contribution in [0.25, 0.3) is 21.5 Å². The maximum absolute atomic E-state index is 11.7. The van der Waals surface area contributed by atoms with Crippen molar-refractivity contribution in [2.45, 2.75) is 19.3 Å². The van der Waals surface area contributed by atoms with Gasteiger partial charge in [-0.1, -0.05) is 97.2 Å². The van der Waals surface area contributed by atoms with Crippen LogP contribution >= 0.6 is 0 Å². The first-order valence-electron chi connectivity index (χ1n) is 14.8. The minimum atomic E-state index is -0.498. The molecule has 0 radical (unpaired) electrons. The molecule has 0 atom stereocenters. The van der Waals surface area contributed by atoms with E-state index in [0.717, 1.165) is 61.5 Å². The van der Waals surface area contributed by atoms with Crippen LogP contribution in [-0.2, 0) is 20.7 Å². The van der Waals surface area contributed by atoms with Crippen molar-refractivity contribution in [1.82, 2.24) is 0 Å². The monoisotopic (exact) mass is 598 g/mol. The van der Waals surface area contributed by atoms with Gasteiger partial charge >= 0.3 is 11.9 Å². The third-order valence-corrected chi connectivity index (χ3v) is 7.01. The van der Waals surface area contributed by atoms with Gasteiger partial charge in [-0.15, -0.1) is 0 Å². The van der Waals surface area contributed by atoms with Crippen LogP contribution in [0.3, 0.4) is 0 Å². The molecule has 0 fully saturated rings. The first-order valence-corrected chi connectivity index (χ1v) is 14.8. The van der Waals surface area contributed by atoms with Crippen LogP contribution in [0, 0.1) is 35.5 Å². The number of fused-ring (bicyclic) bond motifs is 2. The van der Waals surface area contributed by atoms with Crippen molar-refractivity contribution >= 4 is 33.5 Å². The molecule has 4 heteroatoms. The summed E-state index contributed by atoms with van der Waals surface area (Å²) in [6, 6.07) is 31.7. The number of hydrogen-bond donors (Lipinski definition) is 0. The zero-order chi connectivity index (χ0) is 32.1. The molecular formula is C42H30O4. The molecule has 0 bridgehead atoms. The molecule has 0 N–H and O–H groups in total. The SMILES string of the molecule is C=CC(=O)OCCCC#Cc1ccc2cc(C#CCc3ccc(C#Cc4ccc(OC(=O)C=C)c5ccccc45)cc3)ccc2c1. The standard InChI is InChI=1S/C42H30O4/c1-3-41(43)45-28-9-5-6-11-33-21-24-37-30-34(22-25-36(37)29-33)13-10-12-31-16-18-32(19-17-31)20-23-35-26-27-40(46-42(44)4-2)39-15-8-7-14-38(35)39/h3-4,7-8,14-19,21-22,24-27,29-30H,1-2,5,9,12,28H2. The highest BCUT2D eigenvalue weighted by Gasteiger charge is 2.08. The van der Waals surface area contributed by atoms with Crippen molar-refractivity contribution in [3.8, 4) is 41.3 Å². The summed E-state index contributed by atoms with van der Waals surface area (Å²) in [5.41, 5.74) is 4.76. The van der Waals surface area contributed by atoms with E-state index in [1.54, 1.807) is 6.07 Å². The first-order chi connectivity index (χ1) is 22.5. The quantitative estimate of drug-likeness (QED) is 0.0628. The molecule has 5 aromatic carbocycles. The zero-order valence-electron chi connectivity index (χ0n) is 25.3. The second-order valence-electron chi connectivity index (χ2n) is 10.3. The highest BCUT2D eigenvalue weighted by molar-refractivity contribution is 5.95. The number of benzene rings is 5. The van der Waals surface area contributed by atoms with Crippen LogP contribution in [0.2, 0.25) is 0 Å². The highest BCUT2D eigenvalue weighted by atomic mass is 16.5. The lowest BCUT2D eigenvalue weighted by Crippen LogP contribution is -2.03. The van der Waals surface area contributed by atoms with Crippen molar-refractivity contribution in [2.75, 3.05) is 6.61 Å². The lowest BCUT2D eigenvalue weighted by molar-refractivity contribution is -0.137. The molecule has 0 aromatic heterocycles. The Balaban J connectivity index is 1.19. The molecule has 0 heterocycles. The Labute approximate surface area is 269 Å². The van der Waals surface area contributed by atoms with E-state index in [9.17, 15) is 9.59 Å². The molecule has 5 rings (SSSR count). The summed E-state index contributed by atoms with van der Waals surface area (Å²) in [5.74, 6) is 18.9. The summed E-state index contributed by atoms with van der Waals surface area (Å²) in [4.78, 5) is 22.8. The van der Waals surface area contributed by atoms with Gasteiger partial charge in [0.1, 0.15) is 5.75 Å². The summed E-state index contributed by atoms with van der Waals surface area (Å²) in [7, 11) is 0. The first kappa shape index (κ1) is 31.2. The highest BCUT2D eigenvalue weighted by Crippen LogP contribution is 2.28. The van der Waals surface area contributed by atoms with Gasteiger partial charge in [-0.2, -0.15) is 0 Å². The maximum atomic E-state index is 11.7. The van der Waals surface area contributed by atoms with Gasteiger partial charge in [-0.3, -0.25) is 0 Å². The number of hydrogen-bond acceptors (Lipinski definition) is 4. The number of esters is 2. The third-order valence-electron chi connectivity index (χ3n) is 7.01. The van der Waals surface area contributed by atoms with E-state index >= 15 is 0 Å². The Bertz CT molecular complexity index is 2140. The topological polar surface area (TPSA) is 52.6 Å². The van der Waals surface area contributed by atoms with Crippen LogP contribution in [0.4, 0.5) is 0 Å². The number of ether oxygens (including phenoxy) is 2.